The molecule has 0 atom stereocenters. The molecular formula is C20H11BrN4O3S. The first kappa shape index (κ1) is 17.9. The number of rotatable bonds is 3. The second-order valence-corrected chi connectivity index (χ2v) is 7.98. The number of amidine groups is 2. The number of furan rings is 2. The van der Waals surface area contributed by atoms with E-state index in [0.717, 1.165) is 10.0 Å². The number of amides is 1. The monoisotopic (exact) mass is 466 g/mol. The molecule has 9 heteroatoms. The third-order valence-corrected chi connectivity index (χ3v) is 5.68. The second kappa shape index (κ2) is 7.02. The number of benzene rings is 1. The maximum Gasteiger partial charge on any atom is 0.283 e. The fraction of sp³-hybridized carbons (Fsp3) is 0. The molecule has 4 heterocycles. The number of fused-ring (bicyclic) bond motifs is 1. The average Bonchev–Trinajstić information content (AvgIpc) is 3.46. The van der Waals surface area contributed by atoms with E-state index in [1.807, 2.05) is 30.3 Å². The summed E-state index contributed by atoms with van der Waals surface area (Å²) in [6.45, 7) is 0. The summed E-state index contributed by atoms with van der Waals surface area (Å²) in [5.74, 6) is 1.11. The number of hydrazone groups is 1. The third kappa shape index (κ3) is 3.28. The van der Waals surface area contributed by atoms with E-state index < -0.39 is 5.91 Å². The number of nitrogens with zero attached hydrogens (tertiary/aromatic N) is 3. The van der Waals surface area contributed by atoms with Gasteiger partial charge in [0.1, 0.15) is 11.5 Å². The Morgan fingerprint density at radius 3 is 2.69 bits per heavy atom. The minimum atomic E-state index is -0.508. The molecule has 1 N–H and O–H groups in total. The first-order valence-electron chi connectivity index (χ1n) is 8.48. The fourth-order valence-electron chi connectivity index (χ4n) is 2.83. The van der Waals surface area contributed by atoms with Crippen LogP contribution in [0.5, 0.6) is 0 Å². The maximum atomic E-state index is 12.5. The van der Waals surface area contributed by atoms with Crippen LogP contribution in [0.3, 0.4) is 0 Å². The number of nitrogens with one attached hydrogen (secondary N) is 1. The minimum absolute atomic E-state index is 0.0596. The summed E-state index contributed by atoms with van der Waals surface area (Å²) in [7, 11) is 0. The van der Waals surface area contributed by atoms with Crippen LogP contribution >= 0.6 is 27.7 Å². The van der Waals surface area contributed by atoms with Crippen molar-refractivity contribution in [1.29, 1.82) is 5.41 Å². The fourth-order valence-corrected chi connectivity index (χ4v) is 3.96. The van der Waals surface area contributed by atoms with Gasteiger partial charge in [-0.2, -0.15) is 15.1 Å². The van der Waals surface area contributed by atoms with Crippen molar-refractivity contribution in [3.05, 3.63) is 76.4 Å². The van der Waals surface area contributed by atoms with E-state index in [-0.39, 0.29) is 11.4 Å². The lowest BCUT2D eigenvalue weighted by Gasteiger charge is -2.19. The van der Waals surface area contributed by atoms with Gasteiger partial charge in [-0.15, -0.1) is 0 Å². The molecule has 0 unspecified atom stereocenters. The van der Waals surface area contributed by atoms with Crippen molar-refractivity contribution < 1.29 is 13.6 Å². The highest BCUT2D eigenvalue weighted by atomic mass is 79.9. The smallest absolute Gasteiger partial charge is 0.283 e. The molecule has 0 fully saturated rings. The SMILES string of the molecule is N=C1/C(=C/c2ccc(-c3ccc(Br)cc3)o2)C(=O)N=C2SC(c3ccco3)=NN12. The summed E-state index contributed by atoms with van der Waals surface area (Å²) in [5.41, 5.74) is 1.02. The molecule has 142 valence electrons. The number of hydrogen-bond donors (Lipinski definition) is 1. The Hall–Kier alpha value is -3.17. The molecule has 2 aliphatic rings. The number of carbonyl (C=O) groups excluding carboxylic acids is 1. The number of thioether (sulfide) groups is 1. The van der Waals surface area contributed by atoms with Gasteiger partial charge >= 0.3 is 0 Å². The molecule has 0 saturated carbocycles. The van der Waals surface area contributed by atoms with Crippen LogP contribution in [0.15, 0.2) is 83.8 Å². The van der Waals surface area contributed by atoms with E-state index >= 15 is 0 Å². The largest absolute Gasteiger partial charge is 0.462 e. The van der Waals surface area contributed by atoms with Crippen LogP contribution in [0.2, 0.25) is 0 Å². The maximum absolute atomic E-state index is 12.5. The lowest BCUT2D eigenvalue weighted by Crippen LogP contribution is -2.35. The number of carbonyl (C=O) groups is 1. The zero-order chi connectivity index (χ0) is 20.0. The molecule has 2 aliphatic heterocycles. The second-order valence-electron chi connectivity index (χ2n) is 6.11. The summed E-state index contributed by atoms with van der Waals surface area (Å²) in [6, 6.07) is 14.8. The molecule has 0 aliphatic carbocycles. The molecule has 1 aromatic carbocycles. The molecule has 0 saturated heterocycles. The summed E-state index contributed by atoms with van der Waals surface area (Å²) in [6.07, 6.45) is 3.05. The minimum Gasteiger partial charge on any atom is -0.462 e. The number of halogens is 1. The van der Waals surface area contributed by atoms with Crippen molar-refractivity contribution in [1.82, 2.24) is 5.01 Å². The molecule has 1 amide bonds. The van der Waals surface area contributed by atoms with Crippen LogP contribution in [0.25, 0.3) is 17.4 Å². The molecular weight excluding hydrogens is 456 g/mol. The first-order valence-corrected chi connectivity index (χ1v) is 10.1. The molecule has 0 radical (unpaired) electrons. The molecule has 0 bridgehead atoms. The lowest BCUT2D eigenvalue weighted by molar-refractivity contribution is -0.114. The Morgan fingerprint density at radius 1 is 1.10 bits per heavy atom. The van der Waals surface area contributed by atoms with Crippen LogP contribution in [0, 0.1) is 5.41 Å². The van der Waals surface area contributed by atoms with Gasteiger partial charge in [-0.3, -0.25) is 10.2 Å². The average molecular weight is 467 g/mol. The van der Waals surface area contributed by atoms with Crippen LogP contribution in [-0.4, -0.2) is 27.0 Å². The Labute approximate surface area is 177 Å². The zero-order valence-electron chi connectivity index (χ0n) is 14.6. The summed E-state index contributed by atoms with van der Waals surface area (Å²) in [4.78, 5) is 16.6. The highest BCUT2D eigenvalue weighted by Crippen LogP contribution is 2.31. The van der Waals surface area contributed by atoms with Gasteiger partial charge in [0.25, 0.3) is 5.91 Å². The Bertz CT molecular complexity index is 1220. The van der Waals surface area contributed by atoms with E-state index in [1.165, 1.54) is 22.8 Å². The molecule has 5 rings (SSSR count). The molecule has 29 heavy (non-hydrogen) atoms. The summed E-state index contributed by atoms with van der Waals surface area (Å²) < 4.78 is 12.2. The van der Waals surface area contributed by atoms with Gasteiger partial charge < -0.3 is 8.83 Å². The number of aliphatic imine (C=N–C) groups is 1. The van der Waals surface area contributed by atoms with Gasteiger partial charge in [-0.1, -0.05) is 28.1 Å². The van der Waals surface area contributed by atoms with Crippen molar-refractivity contribution in [3.63, 3.8) is 0 Å². The van der Waals surface area contributed by atoms with Gasteiger partial charge in [0.2, 0.25) is 5.17 Å². The summed E-state index contributed by atoms with van der Waals surface area (Å²) >= 11 is 4.59. The quantitative estimate of drug-likeness (QED) is 0.549. The Morgan fingerprint density at radius 2 is 1.93 bits per heavy atom. The Balaban J connectivity index is 1.45. The highest BCUT2D eigenvalue weighted by molar-refractivity contribution is 9.10. The molecule has 0 spiro atoms. The summed E-state index contributed by atoms with van der Waals surface area (Å²) in [5, 5.41) is 15.0. The van der Waals surface area contributed by atoms with Gasteiger partial charge in [-0.25, -0.2) is 0 Å². The normalized spacial score (nSPS) is 17.6. The predicted molar refractivity (Wildman–Crippen MR) is 115 cm³/mol. The van der Waals surface area contributed by atoms with Crippen LogP contribution in [0.4, 0.5) is 0 Å². The van der Waals surface area contributed by atoms with Crippen molar-refractivity contribution >= 4 is 55.7 Å². The predicted octanol–water partition coefficient (Wildman–Crippen LogP) is 4.97. The third-order valence-electron chi connectivity index (χ3n) is 4.23. The lowest BCUT2D eigenvalue weighted by atomic mass is 10.1. The van der Waals surface area contributed by atoms with E-state index in [4.69, 9.17) is 14.2 Å². The van der Waals surface area contributed by atoms with Crippen LogP contribution in [-0.2, 0) is 4.79 Å². The van der Waals surface area contributed by atoms with Crippen molar-refractivity contribution in [2.24, 2.45) is 10.1 Å². The van der Waals surface area contributed by atoms with Crippen molar-refractivity contribution in [2.75, 3.05) is 0 Å². The van der Waals surface area contributed by atoms with Gasteiger partial charge in [0, 0.05) is 10.0 Å². The molecule has 3 aromatic rings. The van der Waals surface area contributed by atoms with Gasteiger partial charge in [0.15, 0.2) is 16.6 Å². The van der Waals surface area contributed by atoms with Gasteiger partial charge in [-0.05, 0) is 54.2 Å². The van der Waals surface area contributed by atoms with E-state index in [9.17, 15) is 4.79 Å². The van der Waals surface area contributed by atoms with Crippen molar-refractivity contribution in [2.45, 2.75) is 0 Å². The van der Waals surface area contributed by atoms with E-state index in [0.29, 0.717) is 27.5 Å². The molecule has 2 aromatic heterocycles. The topological polar surface area (TPSA) is 95.2 Å². The van der Waals surface area contributed by atoms with E-state index in [1.54, 1.807) is 24.5 Å². The van der Waals surface area contributed by atoms with Crippen LogP contribution < -0.4 is 0 Å². The highest BCUT2D eigenvalue weighted by Gasteiger charge is 2.36. The number of hydrogen-bond acceptors (Lipinski definition) is 6. The van der Waals surface area contributed by atoms with Gasteiger partial charge in [0.05, 0.1) is 11.8 Å². The Kier molecular flexibility index (Phi) is 4.33. The van der Waals surface area contributed by atoms with Crippen molar-refractivity contribution in [3.8, 4) is 11.3 Å². The first-order chi connectivity index (χ1) is 14.1. The molecule has 7 nitrogen and oxygen atoms in total. The van der Waals surface area contributed by atoms with Crippen LogP contribution in [0.1, 0.15) is 11.5 Å². The standard InChI is InChI=1S/C20H11BrN4O3S/c21-12-5-3-11(4-6-12)15-8-7-13(28-15)10-14-17(22)25-20(23-18(14)26)29-19(24-25)16-2-1-9-27-16/h1-10,22H/b14-10-,22-17?. The zero-order valence-corrected chi connectivity index (χ0v) is 17.0. The van der Waals surface area contributed by atoms with E-state index in [2.05, 4.69) is 26.0 Å².